The summed E-state index contributed by atoms with van der Waals surface area (Å²) in [5.41, 5.74) is 13.2. The fourth-order valence-electron chi connectivity index (χ4n) is 9.10. The summed E-state index contributed by atoms with van der Waals surface area (Å²) in [5.74, 6) is 0. The van der Waals surface area contributed by atoms with Gasteiger partial charge in [0.1, 0.15) is 0 Å². The highest BCUT2D eigenvalue weighted by molar-refractivity contribution is 7.18. The van der Waals surface area contributed by atoms with Gasteiger partial charge in [-0.15, -0.1) is 11.3 Å². The van der Waals surface area contributed by atoms with E-state index in [-0.39, 0.29) is 0 Å². The van der Waals surface area contributed by atoms with Crippen molar-refractivity contribution >= 4 is 60.7 Å². The molecular formula is C59H44N2S. The topological polar surface area (TPSA) is 15.3 Å². The van der Waals surface area contributed by atoms with Crippen molar-refractivity contribution in [3.8, 4) is 43.1 Å². The summed E-state index contributed by atoms with van der Waals surface area (Å²) in [5, 5.41) is 11.1. The van der Waals surface area contributed by atoms with Crippen LogP contribution in [-0.4, -0.2) is 0 Å². The third kappa shape index (κ3) is 7.27. The number of allylic oxidation sites excluding steroid dienone is 9. The second kappa shape index (κ2) is 16.5. The SMILES string of the molecule is C1=CCC=CC(N(C2=CC=CCC2)c2ccc(-c3c4ccccc4c(-c4ccc(Nc5ccccc5)cc4)c4cc(-c5ccc(-c6ccc7ccccc7c6)s5)ccc34)cc2)=C1. The molecule has 0 spiro atoms. The second-order valence-electron chi connectivity index (χ2n) is 16.0. The lowest BCUT2D eigenvalue weighted by Gasteiger charge is -2.30. The van der Waals surface area contributed by atoms with E-state index in [1.807, 2.05) is 17.4 Å². The molecule has 296 valence electrons. The Morgan fingerprint density at radius 2 is 1.06 bits per heavy atom. The first-order chi connectivity index (χ1) is 30.7. The van der Waals surface area contributed by atoms with Gasteiger partial charge < -0.3 is 10.2 Å². The highest BCUT2D eigenvalue weighted by Crippen LogP contribution is 2.46. The third-order valence-corrected chi connectivity index (χ3v) is 13.3. The molecule has 0 unspecified atom stereocenters. The van der Waals surface area contributed by atoms with Crippen molar-refractivity contribution in [1.29, 1.82) is 0 Å². The van der Waals surface area contributed by atoms with E-state index in [4.69, 9.17) is 0 Å². The average Bonchev–Trinajstić information content (AvgIpc) is 3.68. The van der Waals surface area contributed by atoms with Gasteiger partial charge in [0.15, 0.2) is 0 Å². The van der Waals surface area contributed by atoms with E-state index in [2.05, 4.69) is 229 Å². The molecule has 2 aliphatic carbocycles. The summed E-state index contributed by atoms with van der Waals surface area (Å²) in [7, 11) is 0. The molecule has 62 heavy (non-hydrogen) atoms. The van der Waals surface area contributed by atoms with Gasteiger partial charge in [-0.05, 0) is 164 Å². The van der Waals surface area contributed by atoms with Gasteiger partial charge in [0.2, 0.25) is 0 Å². The van der Waals surface area contributed by atoms with Gasteiger partial charge in [0, 0.05) is 38.2 Å². The Morgan fingerprint density at radius 3 is 1.82 bits per heavy atom. The van der Waals surface area contributed by atoms with E-state index >= 15 is 0 Å². The van der Waals surface area contributed by atoms with Crippen LogP contribution in [0.15, 0.2) is 236 Å². The first kappa shape index (κ1) is 37.5. The number of nitrogens with one attached hydrogen (secondary N) is 1. The molecular weight excluding hydrogens is 769 g/mol. The van der Waals surface area contributed by atoms with Crippen LogP contribution in [-0.2, 0) is 0 Å². The number of thiophene rings is 1. The van der Waals surface area contributed by atoms with Crippen molar-refractivity contribution in [3.05, 3.63) is 236 Å². The highest BCUT2D eigenvalue weighted by Gasteiger charge is 2.20. The molecule has 3 heteroatoms. The maximum absolute atomic E-state index is 3.58. The second-order valence-corrected chi connectivity index (χ2v) is 17.1. The minimum atomic E-state index is 0.941. The summed E-state index contributed by atoms with van der Waals surface area (Å²) < 4.78 is 0. The van der Waals surface area contributed by atoms with Crippen molar-refractivity contribution in [2.24, 2.45) is 0 Å². The Bertz CT molecular complexity index is 3270. The normalized spacial score (nSPS) is 13.6. The lowest BCUT2D eigenvalue weighted by molar-refractivity contribution is 0.901. The number of rotatable bonds is 9. The fraction of sp³-hybridized carbons (Fsp3) is 0.0508. The number of anilines is 3. The molecule has 0 bridgehead atoms. The number of fused-ring (bicyclic) bond motifs is 3. The van der Waals surface area contributed by atoms with Gasteiger partial charge in [-0.25, -0.2) is 0 Å². The van der Waals surface area contributed by atoms with E-state index in [1.54, 1.807) is 0 Å². The fourth-order valence-corrected chi connectivity index (χ4v) is 10.1. The predicted octanol–water partition coefficient (Wildman–Crippen LogP) is 17.1. The summed E-state index contributed by atoms with van der Waals surface area (Å²) in [6.45, 7) is 0. The van der Waals surface area contributed by atoms with E-state index in [0.29, 0.717) is 0 Å². The molecule has 0 fully saturated rings. The van der Waals surface area contributed by atoms with Gasteiger partial charge in [0.05, 0.1) is 0 Å². The number of hydrogen-bond donors (Lipinski definition) is 1. The van der Waals surface area contributed by atoms with Crippen LogP contribution in [0.25, 0.3) is 75.5 Å². The molecule has 1 aromatic heterocycles. The Balaban J connectivity index is 1.06. The van der Waals surface area contributed by atoms with Crippen LogP contribution >= 0.6 is 11.3 Å². The molecule has 0 atom stereocenters. The van der Waals surface area contributed by atoms with Gasteiger partial charge in [-0.3, -0.25) is 0 Å². The monoisotopic (exact) mass is 812 g/mol. The number of nitrogens with zero attached hydrogens (tertiary/aromatic N) is 1. The Labute approximate surface area is 367 Å². The zero-order chi connectivity index (χ0) is 41.2. The molecule has 0 aliphatic heterocycles. The summed E-state index contributed by atoms with van der Waals surface area (Å²) in [6.07, 6.45) is 20.8. The maximum atomic E-state index is 3.58. The summed E-state index contributed by atoms with van der Waals surface area (Å²) in [6, 6.07) is 64.6. The highest BCUT2D eigenvalue weighted by atomic mass is 32.1. The molecule has 0 saturated heterocycles. The number of para-hydroxylation sites is 1. The molecule has 0 radical (unpaired) electrons. The molecule has 2 aliphatic rings. The van der Waals surface area contributed by atoms with Crippen LogP contribution in [0.5, 0.6) is 0 Å². The van der Waals surface area contributed by atoms with E-state index in [1.165, 1.54) is 86.8 Å². The van der Waals surface area contributed by atoms with Crippen molar-refractivity contribution in [2.75, 3.05) is 10.2 Å². The van der Waals surface area contributed by atoms with Crippen molar-refractivity contribution in [1.82, 2.24) is 0 Å². The predicted molar refractivity (Wildman–Crippen MR) is 268 cm³/mol. The van der Waals surface area contributed by atoms with Crippen LogP contribution in [0.2, 0.25) is 0 Å². The largest absolute Gasteiger partial charge is 0.356 e. The van der Waals surface area contributed by atoms with Crippen LogP contribution in [0.1, 0.15) is 19.3 Å². The van der Waals surface area contributed by atoms with E-state index < -0.39 is 0 Å². The molecule has 2 nitrogen and oxygen atoms in total. The Kier molecular flexibility index (Phi) is 10.0. The summed E-state index contributed by atoms with van der Waals surface area (Å²) >= 11 is 1.86. The zero-order valence-corrected chi connectivity index (χ0v) is 35.2. The van der Waals surface area contributed by atoms with Crippen LogP contribution in [0.3, 0.4) is 0 Å². The van der Waals surface area contributed by atoms with Crippen LogP contribution in [0.4, 0.5) is 17.1 Å². The molecule has 8 aromatic carbocycles. The Hall–Kier alpha value is -7.46. The van der Waals surface area contributed by atoms with Crippen molar-refractivity contribution in [3.63, 3.8) is 0 Å². The number of hydrogen-bond acceptors (Lipinski definition) is 3. The van der Waals surface area contributed by atoms with Gasteiger partial charge in [-0.2, -0.15) is 0 Å². The molecule has 1 N–H and O–H groups in total. The Morgan fingerprint density at radius 1 is 0.452 bits per heavy atom. The lowest BCUT2D eigenvalue weighted by Crippen LogP contribution is -2.21. The first-order valence-electron chi connectivity index (χ1n) is 21.5. The first-order valence-corrected chi connectivity index (χ1v) is 22.4. The van der Waals surface area contributed by atoms with Crippen LogP contribution < -0.4 is 10.2 Å². The lowest BCUT2D eigenvalue weighted by atomic mass is 9.85. The average molecular weight is 813 g/mol. The summed E-state index contributed by atoms with van der Waals surface area (Å²) in [4.78, 5) is 4.95. The third-order valence-electron chi connectivity index (χ3n) is 12.1. The maximum Gasteiger partial charge on any atom is 0.0458 e. The molecule has 0 saturated carbocycles. The van der Waals surface area contributed by atoms with Crippen molar-refractivity contribution < 1.29 is 0 Å². The minimum Gasteiger partial charge on any atom is -0.356 e. The van der Waals surface area contributed by atoms with Gasteiger partial charge in [-0.1, -0.05) is 146 Å². The smallest absolute Gasteiger partial charge is 0.0458 e. The minimum absolute atomic E-state index is 0.941. The molecule has 1 heterocycles. The molecule has 11 rings (SSSR count). The van der Waals surface area contributed by atoms with E-state index in [0.717, 1.165) is 36.3 Å². The standard InChI is InChI=1S/C59H44N2S/c1-2-8-20-49(19-7-1)61(50-21-9-4-10-22-50)51-34-29-43(30-35-51)58-52-23-13-14-24-53(52)59(42-27-32-48(33-28-42)60-47-17-5-3-6-18-47)55-40-46(31-36-54(55)58)57-38-37-56(62-57)45-26-25-41-15-11-12-16-44(41)39-45/h1,3-9,11-21,23-40,60H,2,10,22H2. The zero-order valence-electron chi connectivity index (χ0n) is 34.3. The molecule has 9 aromatic rings. The molecule has 0 amide bonds. The van der Waals surface area contributed by atoms with Crippen LogP contribution in [0, 0.1) is 0 Å². The quantitative estimate of drug-likeness (QED) is 0.146. The van der Waals surface area contributed by atoms with Gasteiger partial charge >= 0.3 is 0 Å². The van der Waals surface area contributed by atoms with Gasteiger partial charge in [0.25, 0.3) is 0 Å². The number of benzene rings is 8. The van der Waals surface area contributed by atoms with E-state index in [9.17, 15) is 0 Å². The van der Waals surface area contributed by atoms with Crippen molar-refractivity contribution in [2.45, 2.75) is 19.3 Å².